The van der Waals surface area contributed by atoms with Gasteiger partial charge in [0.2, 0.25) is 5.91 Å². The van der Waals surface area contributed by atoms with E-state index in [-0.39, 0.29) is 30.4 Å². The van der Waals surface area contributed by atoms with E-state index in [2.05, 4.69) is 11.4 Å². The van der Waals surface area contributed by atoms with Gasteiger partial charge in [-0.15, -0.1) is 11.3 Å². The first-order valence-corrected chi connectivity index (χ1v) is 12.2. The van der Waals surface area contributed by atoms with Gasteiger partial charge in [-0.1, -0.05) is 29.8 Å². The van der Waals surface area contributed by atoms with Crippen LogP contribution in [0.4, 0.5) is 0 Å². The van der Waals surface area contributed by atoms with Crippen molar-refractivity contribution in [1.29, 1.82) is 0 Å². The number of fused-ring (bicyclic) bond motifs is 1. The Bertz CT molecular complexity index is 1140. The van der Waals surface area contributed by atoms with E-state index in [1.54, 1.807) is 47.6 Å². The molecule has 2 amide bonds. The number of methoxy groups -OCH3 is 1. The normalized spacial score (nSPS) is 15.3. The Hall–Kier alpha value is -2.83. The van der Waals surface area contributed by atoms with Gasteiger partial charge in [0.1, 0.15) is 12.3 Å². The maximum Gasteiger partial charge on any atom is 0.254 e. The van der Waals surface area contributed by atoms with E-state index < -0.39 is 0 Å². The van der Waals surface area contributed by atoms with Crippen LogP contribution in [0.2, 0.25) is 5.02 Å². The van der Waals surface area contributed by atoms with Gasteiger partial charge in [0.05, 0.1) is 13.2 Å². The van der Waals surface area contributed by atoms with Gasteiger partial charge in [-0.3, -0.25) is 9.59 Å². The molecule has 2 aromatic carbocycles. The van der Waals surface area contributed by atoms with Crippen LogP contribution >= 0.6 is 22.9 Å². The number of carbonyl (C=O) groups is 2. The second-order valence-corrected chi connectivity index (χ2v) is 9.79. The van der Waals surface area contributed by atoms with E-state index in [1.807, 2.05) is 43.0 Å². The van der Waals surface area contributed by atoms with Crippen molar-refractivity contribution in [2.45, 2.75) is 32.4 Å². The van der Waals surface area contributed by atoms with Gasteiger partial charge in [-0.25, -0.2) is 0 Å². The molecule has 0 spiro atoms. The lowest BCUT2D eigenvalue weighted by atomic mass is 9.93. The molecule has 0 bridgehead atoms. The molecular formula is C26H27ClN2O3S. The third kappa shape index (κ3) is 4.92. The largest absolute Gasteiger partial charge is 0.497 e. The minimum Gasteiger partial charge on any atom is -0.497 e. The first-order chi connectivity index (χ1) is 15.9. The number of nitrogens with zero attached hydrogens (tertiary/aromatic N) is 2. The van der Waals surface area contributed by atoms with E-state index in [9.17, 15) is 9.59 Å². The molecule has 1 atom stereocenters. The minimum atomic E-state index is -0.189. The Labute approximate surface area is 203 Å². The summed E-state index contributed by atoms with van der Waals surface area (Å²) in [4.78, 5) is 31.8. The molecule has 7 heteroatoms. The van der Waals surface area contributed by atoms with Crippen LogP contribution in [0.1, 0.15) is 46.3 Å². The number of benzene rings is 2. The quantitative estimate of drug-likeness (QED) is 0.470. The van der Waals surface area contributed by atoms with E-state index in [4.69, 9.17) is 16.3 Å². The summed E-state index contributed by atoms with van der Waals surface area (Å²) in [6, 6.07) is 16.5. The Morgan fingerprint density at radius 1 is 1.18 bits per heavy atom. The molecule has 0 radical (unpaired) electrons. The van der Waals surface area contributed by atoms with Crippen LogP contribution in [0.25, 0.3) is 0 Å². The summed E-state index contributed by atoms with van der Waals surface area (Å²) < 4.78 is 5.26. The lowest BCUT2D eigenvalue weighted by Crippen LogP contribution is -2.48. The summed E-state index contributed by atoms with van der Waals surface area (Å²) >= 11 is 7.84. The van der Waals surface area contributed by atoms with Crippen LogP contribution in [0, 0.1) is 0 Å². The average Bonchev–Trinajstić information content (AvgIpc) is 3.31. The van der Waals surface area contributed by atoms with Crippen molar-refractivity contribution < 1.29 is 14.3 Å². The number of ether oxygens (including phenoxy) is 1. The molecule has 4 rings (SSSR count). The maximum absolute atomic E-state index is 13.6. The highest BCUT2D eigenvalue weighted by atomic mass is 35.5. The second-order valence-electron chi connectivity index (χ2n) is 8.35. The Morgan fingerprint density at radius 2 is 1.94 bits per heavy atom. The van der Waals surface area contributed by atoms with Gasteiger partial charge < -0.3 is 14.5 Å². The minimum absolute atomic E-state index is 0.0112. The summed E-state index contributed by atoms with van der Waals surface area (Å²) in [5, 5.41) is 2.74. The fraction of sp³-hybridized carbons (Fsp3) is 0.308. The van der Waals surface area contributed by atoms with E-state index in [1.165, 1.54) is 4.88 Å². The number of thiophene rings is 1. The molecule has 2 heterocycles. The molecule has 172 valence electrons. The van der Waals surface area contributed by atoms with Gasteiger partial charge in [-0.2, -0.15) is 0 Å². The van der Waals surface area contributed by atoms with Crippen LogP contribution in [0.3, 0.4) is 0 Å². The highest BCUT2D eigenvalue weighted by molar-refractivity contribution is 7.10. The zero-order chi connectivity index (χ0) is 23.5. The Morgan fingerprint density at radius 3 is 2.64 bits per heavy atom. The Kier molecular flexibility index (Phi) is 7.05. The number of carbonyl (C=O) groups excluding carboxylic acids is 2. The van der Waals surface area contributed by atoms with Crippen molar-refractivity contribution in [1.82, 2.24) is 9.80 Å². The number of rotatable bonds is 6. The fourth-order valence-corrected chi connectivity index (χ4v) is 5.27. The van der Waals surface area contributed by atoms with Crippen molar-refractivity contribution in [3.05, 3.63) is 86.6 Å². The van der Waals surface area contributed by atoms with Crippen molar-refractivity contribution in [2.24, 2.45) is 0 Å². The monoisotopic (exact) mass is 482 g/mol. The third-order valence-electron chi connectivity index (χ3n) is 5.98. The van der Waals surface area contributed by atoms with Crippen molar-refractivity contribution in [3.8, 4) is 5.75 Å². The number of amides is 2. The highest BCUT2D eigenvalue weighted by Crippen LogP contribution is 2.38. The molecule has 0 fully saturated rings. The van der Waals surface area contributed by atoms with Crippen molar-refractivity contribution in [3.63, 3.8) is 0 Å². The fourth-order valence-electron chi connectivity index (χ4n) is 4.24. The van der Waals surface area contributed by atoms with E-state index in [0.717, 1.165) is 17.5 Å². The van der Waals surface area contributed by atoms with Gasteiger partial charge in [0.15, 0.2) is 0 Å². The summed E-state index contributed by atoms with van der Waals surface area (Å²) in [6.07, 6.45) is 0.814. The SMILES string of the molecule is COc1cccc(C(=O)N(CC(=O)N2CCc3sccc3C2c2ccc(Cl)cc2)C(C)C)c1. The standard InChI is InChI=1S/C26H27ClN2O3S/c1-17(2)29(26(31)19-5-4-6-21(15-19)32-3)16-24(30)28-13-11-23-22(12-14-33-23)25(28)18-7-9-20(27)10-8-18/h4-10,12,14-15,17,25H,11,13,16H2,1-3H3. The molecule has 0 saturated heterocycles. The van der Waals surface area contributed by atoms with Crippen LogP contribution in [0.5, 0.6) is 5.75 Å². The maximum atomic E-state index is 13.6. The second kappa shape index (κ2) is 9.98. The van der Waals surface area contributed by atoms with Gasteiger partial charge >= 0.3 is 0 Å². The molecule has 5 nitrogen and oxygen atoms in total. The number of hydrogen-bond acceptors (Lipinski definition) is 4. The molecule has 3 aromatic rings. The lowest BCUT2D eigenvalue weighted by molar-refractivity contribution is -0.134. The third-order valence-corrected chi connectivity index (χ3v) is 7.23. The highest BCUT2D eigenvalue weighted by Gasteiger charge is 2.34. The predicted molar refractivity (Wildman–Crippen MR) is 132 cm³/mol. The van der Waals surface area contributed by atoms with Crippen molar-refractivity contribution in [2.75, 3.05) is 20.2 Å². The summed E-state index contributed by atoms with van der Waals surface area (Å²) in [5.74, 6) is 0.352. The molecule has 0 aliphatic carbocycles. The van der Waals surface area contributed by atoms with Crippen LogP contribution < -0.4 is 4.74 Å². The number of halogens is 1. The topological polar surface area (TPSA) is 49.9 Å². The molecule has 0 N–H and O–H groups in total. The summed E-state index contributed by atoms with van der Waals surface area (Å²) in [6.45, 7) is 4.47. The zero-order valence-electron chi connectivity index (χ0n) is 19.0. The van der Waals surface area contributed by atoms with Gasteiger partial charge in [0.25, 0.3) is 5.91 Å². The van der Waals surface area contributed by atoms with Crippen LogP contribution in [-0.4, -0.2) is 47.9 Å². The van der Waals surface area contributed by atoms with E-state index >= 15 is 0 Å². The average molecular weight is 483 g/mol. The van der Waals surface area contributed by atoms with E-state index in [0.29, 0.717) is 22.9 Å². The molecule has 1 unspecified atom stereocenters. The summed E-state index contributed by atoms with van der Waals surface area (Å²) in [5.41, 5.74) is 2.67. The van der Waals surface area contributed by atoms with Crippen molar-refractivity contribution >= 4 is 34.8 Å². The lowest BCUT2D eigenvalue weighted by Gasteiger charge is -2.38. The zero-order valence-corrected chi connectivity index (χ0v) is 20.5. The smallest absolute Gasteiger partial charge is 0.254 e. The molecule has 1 aliphatic rings. The van der Waals surface area contributed by atoms with Gasteiger partial charge in [0, 0.05) is 28.0 Å². The summed E-state index contributed by atoms with van der Waals surface area (Å²) in [7, 11) is 1.57. The molecule has 1 aliphatic heterocycles. The first-order valence-electron chi connectivity index (χ1n) is 10.9. The molecule has 1 aromatic heterocycles. The predicted octanol–water partition coefficient (Wildman–Crippen LogP) is 5.44. The first kappa shape index (κ1) is 23.3. The number of hydrogen-bond donors (Lipinski definition) is 0. The molecule has 33 heavy (non-hydrogen) atoms. The van der Waals surface area contributed by atoms with Gasteiger partial charge in [-0.05, 0) is 73.2 Å². The molecular weight excluding hydrogens is 456 g/mol. The van der Waals surface area contributed by atoms with Crippen LogP contribution in [0.15, 0.2) is 60.0 Å². The molecule has 0 saturated carbocycles. The van der Waals surface area contributed by atoms with Crippen LogP contribution in [-0.2, 0) is 11.2 Å². The Balaban J connectivity index is 1.62.